The molecule has 0 aliphatic rings. The Hall–Kier alpha value is -2.69. The van der Waals surface area contributed by atoms with E-state index in [0.29, 0.717) is 5.56 Å². The van der Waals surface area contributed by atoms with Crippen LogP contribution in [0.2, 0.25) is 0 Å². The van der Waals surface area contributed by atoms with Crippen molar-refractivity contribution in [2.45, 2.75) is 46.6 Å². The van der Waals surface area contributed by atoms with Gasteiger partial charge in [-0.2, -0.15) is 0 Å². The van der Waals surface area contributed by atoms with Crippen molar-refractivity contribution in [1.29, 1.82) is 0 Å². The first-order valence-electron chi connectivity index (χ1n) is 8.92. The lowest BCUT2D eigenvalue weighted by molar-refractivity contribution is -0.121. The number of hydrogen-bond donors (Lipinski definition) is 1. The van der Waals surface area contributed by atoms with Crippen molar-refractivity contribution in [2.24, 2.45) is 0 Å². The molecule has 0 radical (unpaired) electrons. The molecule has 3 aromatic rings. The van der Waals surface area contributed by atoms with E-state index in [9.17, 15) is 9.18 Å². The van der Waals surface area contributed by atoms with Crippen molar-refractivity contribution in [3.8, 4) is 11.3 Å². The number of fused-ring (bicyclic) bond motifs is 1. The van der Waals surface area contributed by atoms with E-state index in [1.54, 1.807) is 19.1 Å². The zero-order valence-electron chi connectivity index (χ0n) is 15.6. The number of carbonyl (C=O) groups is 1. The molecule has 1 unspecified atom stereocenters. The fourth-order valence-electron chi connectivity index (χ4n) is 2.97. The van der Waals surface area contributed by atoms with E-state index >= 15 is 0 Å². The molecule has 5 heteroatoms. The highest BCUT2D eigenvalue weighted by Crippen LogP contribution is 2.27. The maximum absolute atomic E-state index is 13.7. The minimum absolute atomic E-state index is 0.0391. The third kappa shape index (κ3) is 3.62. The molecular weight excluding hydrogens is 329 g/mol. The Labute approximate surface area is 153 Å². The lowest BCUT2D eigenvalue weighted by Crippen LogP contribution is -2.33. The molecule has 2 aromatic heterocycles. The van der Waals surface area contributed by atoms with Crippen molar-refractivity contribution in [3.05, 3.63) is 59.2 Å². The van der Waals surface area contributed by atoms with Crippen LogP contribution in [0, 0.1) is 19.7 Å². The summed E-state index contributed by atoms with van der Waals surface area (Å²) in [6.07, 6.45) is 3.08. The molecule has 26 heavy (non-hydrogen) atoms. The van der Waals surface area contributed by atoms with Gasteiger partial charge >= 0.3 is 0 Å². The average Bonchev–Trinajstić information content (AvgIpc) is 2.95. The summed E-state index contributed by atoms with van der Waals surface area (Å²) in [5.41, 5.74) is 4.77. The minimum Gasteiger partial charge on any atom is -0.353 e. The maximum atomic E-state index is 13.7. The standard InChI is InChI=1S/C21H24FN3O/c1-5-15(4)23-20(26)11-18-21(16-7-8-17(22)14(3)10-16)24-19-9-6-13(2)12-25(18)19/h6-10,12,15H,5,11H2,1-4H3,(H,23,26). The summed E-state index contributed by atoms with van der Waals surface area (Å²) in [7, 11) is 0. The molecule has 136 valence electrons. The van der Waals surface area contributed by atoms with Gasteiger partial charge in [0.1, 0.15) is 11.5 Å². The lowest BCUT2D eigenvalue weighted by atomic mass is 10.1. The summed E-state index contributed by atoms with van der Waals surface area (Å²) in [6, 6.07) is 8.99. The number of benzene rings is 1. The Bertz CT molecular complexity index is 961. The van der Waals surface area contributed by atoms with E-state index in [1.165, 1.54) is 6.07 Å². The summed E-state index contributed by atoms with van der Waals surface area (Å²) in [6.45, 7) is 7.76. The van der Waals surface area contributed by atoms with Crippen molar-refractivity contribution < 1.29 is 9.18 Å². The van der Waals surface area contributed by atoms with E-state index in [1.807, 2.05) is 43.5 Å². The van der Waals surface area contributed by atoms with Gasteiger partial charge in [-0.15, -0.1) is 0 Å². The zero-order chi connectivity index (χ0) is 18.8. The predicted octanol–water partition coefficient (Wildman–Crippen LogP) is 4.21. The first-order valence-corrected chi connectivity index (χ1v) is 8.92. The highest BCUT2D eigenvalue weighted by molar-refractivity contribution is 5.81. The Morgan fingerprint density at radius 1 is 1.27 bits per heavy atom. The van der Waals surface area contributed by atoms with Gasteiger partial charge in [-0.25, -0.2) is 9.37 Å². The van der Waals surface area contributed by atoms with E-state index < -0.39 is 0 Å². The monoisotopic (exact) mass is 353 g/mol. The Balaban J connectivity index is 2.09. The number of carbonyl (C=O) groups excluding carboxylic acids is 1. The van der Waals surface area contributed by atoms with Gasteiger partial charge < -0.3 is 9.72 Å². The second-order valence-corrected chi connectivity index (χ2v) is 6.86. The van der Waals surface area contributed by atoms with Crippen molar-refractivity contribution in [3.63, 3.8) is 0 Å². The number of aryl methyl sites for hydroxylation is 2. The molecule has 1 amide bonds. The topological polar surface area (TPSA) is 46.4 Å². The Morgan fingerprint density at radius 2 is 2.04 bits per heavy atom. The number of amides is 1. The number of aromatic nitrogens is 2. The maximum Gasteiger partial charge on any atom is 0.226 e. The van der Waals surface area contributed by atoms with Crippen LogP contribution in [-0.4, -0.2) is 21.3 Å². The molecule has 4 nitrogen and oxygen atoms in total. The van der Waals surface area contributed by atoms with Crippen LogP contribution in [-0.2, 0) is 11.2 Å². The third-order valence-corrected chi connectivity index (χ3v) is 4.64. The predicted molar refractivity (Wildman–Crippen MR) is 102 cm³/mol. The third-order valence-electron chi connectivity index (χ3n) is 4.64. The van der Waals surface area contributed by atoms with Gasteiger partial charge in [0, 0.05) is 17.8 Å². The fourth-order valence-corrected chi connectivity index (χ4v) is 2.97. The van der Waals surface area contributed by atoms with Crippen molar-refractivity contribution in [2.75, 3.05) is 0 Å². The largest absolute Gasteiger partial charge is 0.353 e. The molecule has 0 saturated carbocycles. The average molecular weight is 353 g/mol. The van der Waals surface area contributed by atoms with Crippen molar-refractivity contribution in [1.82, 2.24) is 14.7 Å². The van der Waals surface area contributed by atoms with E-state index in [0.717, 1.165) is 34.6 Å². The molecule has 0 fully saturated rings. The van der Waals surface area contributed by atoms with Gasteiger partial charge in [-0.1, -0.05) is 13.0 Å². The van der Waals surface area contributed by atoms with Crippen LogP contribution in [0.25, 0.3) is 16.9 Å². The lowest BCUT2D eigenvalue weighted by Gasteiger charge is -2.12. The highest BCUT2D eigenvalue weighted by Gasteiger charge is 2.18. The number of nitrogens with one attached hydrogen (secondary N) is 1. The van der Waals surface area contributed by atoms with Gasteiger partial charge in [0.2, 0.25) is 5.91 Å². The van der Waals surface area contributed by atoms with Crippen LogP contribution >= 0.6 is 0 Å². The summed E-state index contributed by atoms with van der Waals surface area (Å²) < 4.78 is 15.6. The van der Waals surface area contributed by atoms with Crippen molar-refractivity contribution >= 4 is 11.6 Å². The molecule has 0 spiro atoms. The zero-order valence-corrected chi connectivity index (χ0v) is 15.6. The van der Waals surface area contributed by atoms with Gasteiger partial charge in [0.25, 0.3) is 0 Å². The second kappa shape index (κ2) is 7.28. The molecule has 1 aromatic carbocycles. The molecule has 0 bridgehead atoms. The van der Waals surface area contributed by atoms with Crippen LogP contribution < -0.4 is 5.32 Å². The molecular formula is C21H24FN3O. The van der Waals surface area contributed by atoms with Gasteiger partial charge in [-0.05, 0) is 62.6 Å². The number of imidazole rings is 1. The summed E-state index contributed by atoms with van der Waals surface area (Å²) in [4.78, 5) is 17.2. The number of rotatable bonds is 5. The number of nitrogens with zero attached hydrogens (tertiary/aromatic N) is 2. The van der Waals surface area contributed by atoms with Gasteiger partial charge in [-0.3, -0.25) is 4.79 Å². The Morgan fingerprint density at radius 3 is 2.73 bits per heavy atom. The quantitative estimate of drug-likeness (QED) is 0.747. The first kappa shape index (κ1) is 18.1. The molecule has 0 saturated heterocycles. The van der Waals surface area contributed by atoms with Crippen LogP contribution in [0.3, 0.4) is 0 Å². The molecule has 0 aliphatic carbocycles. The molecule has 3 rings (SSSR count). The summed E-state index contributed by atoms with van der Waals surface area (Å²) >= 11 is 0. The molecule has 1 atom stereocenters. The highest BCUT2D eigenvalue weighted by atomic mass is 19.1. The molecule has 1 N–H and O–H groups in total. The summed E-state index contributed by atoms with van der Waals surface area (Å²) in [5.74, 6) is -0.285. The first-order chi connectivity index (χ1) is 12.4. The van der Waals surface area contributed by atoms with Crippen LogP contribution in [0.1, 0.15) is 37.1 Å². The smallest absolute Gasteiger partial charge is 0.226 e. The Kier molecular flexibility index (Phi) is 5.07. The SMILES string of the molecule is CCC(C)NC(=O)Cc1c(-c2ccc(F)c(C)c2)nc2ccc(C)cn12. The van der Waals surface area contributed by atoms with Crippen LogP contribution in [0.4, 0.5) is 4.39 Å². The van der Waals surface area contributed by atoms with Gasteiger partial charge in [0.15, 0.2) is 0 Å². The minimum atomic E-state index is -0.246. The fraction of sp³-hybridized carbons (Fsp3) is 0.333. The van der Waals surface area contributed by atoms with E-state index in [2.05, 4.69) is 5.32 Å². The second-order valence-electron chi connectivity index (χ2n) is 6.86. The normalized spacial score (nSPS) is 12.3. The van der Waals surface area contributed by atoms with E-state index in [4.69, 9.17) is 4.98 Å². The molecule has 2 heterocycles. The van der Waals surface area contributed by atoms with Crippen LogP contribution in [0.5, 0.6) is 0 Å². The number of pyridine rings is 1. The number of halogens is 1. The van der Waals surface area contributed by atoms with Gasteiger partial charge in [0.05, 0.1) is 17.8 Å². The summed E-state index contributed by atoms with van der Waals surface area (Å²) in [5, 5.41) is 3.01. The van der Waals surface area contributed by atoms with Crippen LogP contribution in [0.15, 0.2) is 36.5 Å². The molecule has 0 aliphatic heterocycles. The number of hydrogen-bond acceptors (Lipinski definition) is 2. The van der Waals surface area contributed by atoms with E-state index in [-0.39, 0.29) is 24.2 Å².